The molecule has 2 rings (SSSR count). The Hall–Kier alpha value is -3.00. The minimum atomic E-state index is -3.73. The molecule has 7 nitrogen and oxygen atoms in total. The van der Waals surface area contributed by atoms with Gasteiger partial charge in [-0.2, -0.15) is 0 Å². The molecule has 0 aliphatic heterocycles. The standard InChI is InChI=1S/C16H13NO6S/c1-23-16(18)13-4-2-12(3-5-13)10-11-24(21,22)15-8-6-14(7-9-15)17(19)20/h2-11H,1H3/b11-10+. The van der Waals surface area contributed by atoms with Crippen LogP contribution in [0.15, 0.2) is 58.8 Å². The van der Waals surface area contributed by atoms with Crippen LogP contribution in [0.3, 0.4) is 0 Å². The van der Waals surface area contributed by atoms with Gasteiger partial charge in [-0.1, -0.05) is 12.1 Å². The van der Waals surface area contributed by atoms with Crippen molar-refractivity contribution in [2.45, 2.75) is 4.90 Å². The molecule has 8 heteroatoms. The lowest BCUT2D eigenvalue weighted by molar-refractivity contribution is -0.384. The SMILES string of the molecule is COC(=O)c1ccc(/C=C/S(=O)(=O)c2ccc([N+](=O)[O-])cc2)cc1. The van der Waals surface area contributed by atoms with E-state index in [1.165, 1.54) is 37.5 Å². The molecule has 0 aromatic heterocycles. The second-order valence-electron chi connectivity index (χ2n) is 4.71. The Bertz CT molecular complexity index is 883. The number of hydrogen-bond acceptors (Lipinski definition) is 6. The molecule has 2 aromatic carbocycles. The summed E-state index contributed by atoms with van der Waals surface area (Å²) in [6.45, 7) is 0. The van der Waals surface area contributed by atoms with Gasteiger partial charge >= 0.3 is 5.97 Å². The van der Waals surface area contributed by atoms with Crippen molar-refractivity contribution in [2.75, 3.05) is 7.11 Å². The molecule has 0 saturated carbocycles. The normalized spacial score (nSPS) is 11.4. The zero-order valence-electron chi connectivity index (χ0n) is 12.6. The highest BCUT2D eigenvalue weighted by Crippen LogP contribution is 2.18. The maximum Gasteiger partial charge on any atom is 0.337 e. The van der Waals surface area contributed by atoms with Crippen LogP contribution in [0.1, 0.15) is 15.9 Å². The number of methoxy groups -OCH3 is 1. The summed E-state index contributed by atoms with van der Waals surface area (Å²) >= 11 is 0. The molecule has 0 heterocycles. The first-order valence-electron chi connectivity index (χ1n) is 6.69. The number of hydrogen-bond donors (Lipinski definition) is 0. The predicted octanol–water partition coefficient (Wildman–Crippen LogP) is 2.83. The molecule has 0 radical (unpaired) electrons. The Balaban J connectivity index is 2.20. The van der Waals surface area contributed by atoms with Crippen LogP contribution in [-0.4, -0.2) is 26.4 Å². The second kappa shape index (κ2) is 7.05. The van der Waals surface area contributed by atoms with E-state index in [9.17, 15) is 23.3 Å². The maximum atomic E-state index is 12.2. The van der Waals surface area contributed by atoms with Crippen molar-refractivity contribution < 1.29 is 22.9 Å². The molecule has 0 spiro atoms. The van der Waals surface area contributed by atoms with Crippen molar-refractivity contribution in [2.24, 2.45) is 0 Å². The molecular weight excluding hydrogens is 334 g/mol. The summed E-state index contributed by atoms with van der Waals surface area (Å²) in [4.78, 5) is 21.2. The molecule has 0 N–H and O–H groups in total. The monoisotopic (exact) mass is 347 g/mol. The lowest BCUT2D eigenvalue weighted by atomic mass is 10.1. The third kappa shape index (κ3) is 4.05. The van der Waals surface area contributed by atoms with Gasteiger partial charge in [-0.05, 0) is 35.9 Å². The van der Waals surface area contributed by atoms with Crippen molar-refractivity contribution in [3.05, 3.63) is 75.2 Å². The summed E-state index contributed by atoms with van der Waals surface area (Å²) < 4.78 is 28.9. The molecule has 124 valence electrons. The van der Waals surface area contributed by atoms with E-state index in [1.807, 2.05) is 0 Å². The van der Waals surface area contributed by atoms with Gasteiger partial charge in [-0.15, -0.1) is 0 Å². The molecular formula is C16H13NO6S. The van der Waals surface area contributed by atoms with E-state index in [2.05, 4.69) is 4.74 Å². The summed E-state index contributed by atoms with van der Waals surface area (Å²) in [5.41, 5.74) is 0.748. The third-order valence-corrected chi connectivity index (χ3v) is 4.57. The van der Waals surface area contributed by atoms with Crippen molar-refractivity contribution in [1.82, 2.24) is 0 Å². The maximum absolute atomic E-state index is 12.2. The fourth-order valence-electron chi connectivity index (χ4n) is 1.85. The fourth-order valence-corrected chi connectivity index (χ4v) is 2.86. The molecule has 0 atom stereocenters. The van der Waals surface area contributed by atoms with Crippen LogP contribution in [0.2, 0.25) is 0 Å². The minimum Gasteiger partial charge on any atom is -0.465 e. The number of sulfone groups is 1. The van der Waals surface area contributed by atoms with Gasteiger partial charge in [0.05, 0.1) is 22.5 Å². The molecule has 0 amide bonds. The van der Waals surface area contributed by atoms with E-state index >= 15 is 0 Å². The van der Waals surface area contributed by atoms with Gasteiger partial charge < -0.3 is 4.74 Å². The number of benzene rings is 2. The van der Waals surface area contributed by atoms with Gasteiger partial charge in [0.25, 0.3) is 5.69 Å². The number of nitro groups is 1. The predicted molar refractivity (Wildman–Crippen MR) is 87.1 cm³/mol. The number of ether oxygens (including phenoxy) is 1. The van der Waals surface area contributed by atoms with Gasteiger partial charge in [-0.25, -0.2) is 13.2 Å². The Kier molecular flexibility index (Phi) is 5.10. The highest BCUT2D eigenvalue weighted by Gasteiger charge is 2.13. The lowest BCUT2D eigenvalue weighted by Gasteiger charge is -2.00. The summed E-state index contributed by atoms with van der Waals surface area (Å²) in [5.74, 6) is -0.482. The zero-order valence-corrected chi connectivity index (χ0v) is 13.4. The number of nitro benzene ring substituents is 1. The molecule has 0 bridgehead atoms. The Morgan fingerprint density at radius 1 is 1.08 bits per heavy atom. The Morgan fingerprint density at radius 3 is 2.17 bits per heavy atom. The topological polar surface area (TPSA) is 104 Å². The molecule has 0 aliphatic rings. The number of carbonyl (C=O) groups excluding carboxylic acids is 1. The second-order valence-corrected chi connectivity index (χ2v) is 6.55. The van der Waals surface area contributed by atoms with Gasteiger partial charge in [0.15, 0.2) is 9.84 Å². The van der Waals surface area contributed by atoms with Crippen molar-refractivity contribution >= 4 is 27.6 Å². The molecule has 2 aromatic rings. The average Bonchev–Trinajstić information content (AvgIpc) is 2.60. The molecule has 0 fully saturated rings. The van der Waals surface area contributed by atoms with E-state index in [0.717, 1.165) is 17.5 Å². The van der Waals surface area contributed by atoms with Gasteiger partial charge in [0.2, 0.25) is 0 Å². The quantitative estimate of drug-likeness (QED) is 0.468. The van der Waals surface area contributed by atoms with Crippen molar-refractivity contribution in [3.8, 4) is 0 Å². The summed E-state index contributed by atoms with van der Waals surface area (Å²) in [6.07, 6.45) is 1.37. The van der Waals surface area contributed by atoms with Crippen LogP contribution >= 0.6 is 0 Å². The van der Waals surface area contributed by atoms with E-state index in [0.29, 0.717) is 11.1 Å². The van der Waals surface area contributed by atoms with Crippen LogP contribution in [-0.2, 0) is 14.6 Å². The van der Waals surface area contributed by atoms with E-state index in [1.54, 1.807) is 12.1 Å². The van der Waals surface area contributed by atoms with E-state index in [-0.39, 0.29) is 10.6 Å². The number of nitrogens with zero attached hydrogens (tertiary/aromatic N) is 1. The zero-order chi connectivity index (χ0) is 17.7. The first kappa shape index (κ1) is 17.4. The highest BCUT2D eigenvalue weighted by atomic mass is 32.2. The minimum absolute atomic E-state index is 0.0458. The number of non-ortho nitro benzene ring substituents is 1. The summed E-state index contributed by atoms with van der Waals surface area (Å²) in [6, 6.07) is 10.8. The first-order chi connectivity index (χ1) is 11.3. The average molecular weight is 347 g/mol. The Morgan fingerprint density at radius 2 is 1.67 bits per heavy atom. The van der Waals surface area contributed by atoms with Crippen LogP contribution in [0, 0.1) is 10.1 Å². The van der Waals surface area contributed by atoms with E-state index in [4.69, 9.17) is 0 Å². The first-order valence-corrected chi connectivity index (χ1v) is 8.24. The molecule has 24 heavy (non-hydrogen) atoms. The molecule has 0 saturated heterocycles. The van der Waals surface area contributed by atoms with Crippen LogP contribution in [0.5, 0.6) is 0 Å². The van der Waals surface area contributed by atoms with Gasteiger partial charge in [-0.3, -0.25) is 10.1 Å². The molecule has 0 aliphatic carbocycles. The molecule has 0 unspecified atom stereocenters. The summed E-state index contributed by atoms with van der Waals surface area (Å²) in [7, 11) is -2.46. The van der Waals surface area contributed by atoms with Crippen LogP contribution in [0.4, 0.5) is 5.69 Å². The van der Waals surface area contributed by atoms with E-state index < -0.39 is 20.7 Å². The lowest BCUT2D eigenvalue weighted by Crippen LogP contribution is -2.00. The van der Waals surface area contributed by atoms with Gasteiger partial charge in [0.1, 0.15) is 0 Å². The third-order valence-electron chi connectivity index (χ3n) is 3.15. The van der Waals surface area contributed by atoms with Crippen LogP contribution in [0.25, 0.3) is 6.08 Å². The highest BCUT2D eigenvalue weighted by molar-refractivity contribution is 7.94. The van der Waals surface area contributed by atoms with Crippen molar-refractivity contribution in [3.63, 3.8) is 0 Å². The number of rotatable bonds is 5. The van der Waals surface area contributed by atoms with Gasteiger partial charge in [0, 0.05) is 17.5 Å². The fraction of sp³-hybridized carbons (Fsp3) is 0.0625. The van der Waals surface area contributed by atoms with Crippen LogP contribution < -0.4 is 0 Å². The largest absolute Gasteiger partial charge is 0.465 e. The summed E-state index contributed by atoms with van der Waals surface area (Å²) in [5, 5.41) is 11.6. The Labute approximate surface area is 138 Å². The number of esters is 1. The van der Waals surface area contributed by atoms with Crippen molar-refractivity contribution in [1.29, 1.82) is 0 Å². The smallest absolute Gasteiger partial charge is 0.337 e. The number of carbonyl (C=O) groups is 1.